The molecule has 1 atom stereocenters. The minimum absolute atomic E-state index is 0.108. The zero-order valence-corrected chi connectivity index (χ0v) is 14.3. The van der Waals surface area contributed by atoms with Crippen LogP contribution in [0.1, 0.15) is 39.3 Å². The van der Waals surface area contributed by atoms with Crippen molar-refractivity contribution in [2.45, 2.75) is 39.3 Å². The number of amides is 1. The van der Waals surface area contributed by atoms with Gasteiger partial charge in [-0.1, -0.05) is 34.1 Å². The van der Waals surface area contributed by atoms with E-state index in [1.807, 2.05) is 39.8 Å². The second-order valence-electron chi connectivity index (χ2n) is 6.12. The largest absolute Gasteiger partial charge is 0.444 e. The topological polar surface area (TPSA) is 38.3 Å². The van der Waals surface area contributed by atoms with Gasteiger partial charge in [-0.3, -0.25) is 0 Å². The third kappa shape index (κ3) is 4.46. The second-order valence-corrected chi connectivity index (χ2v) is 7.03. The van der Waals surface area contributed by atoms with Crippen LogP contribution >= 0.6 is 15.9 Å². The smallest absolute Gasteiger partial charge is 0.408 e. The lowest BCUT2D eigenvalue weighted by atomic mass is 10.0. The molecule has 0 aliphatic rings. The highest BCUT2D eigenvalue weighted by Gasteiger charge is 2.18. The van der Waals surface area contributed by atoms with Crippen LogP contribution in [0, 0.1) is 0 Å². The molecular formula is C17H20BrNO2. The minimum atomic E-state index is -0.488. The molecule has 21 heavy (non-hydrogen) atoms. The summed E-state index contributed by atoms with van der Waals surface area (Å²) in [7, 11) is 0. The minimum Gasteiger partial charge on any atom is -0.444 e. The first-order chi connectivity index (χ1) is 9.74. The molecule has 0 spiro atoms. The van der Waals surface area contributed by atoms with E-state index in [0.717, 1.165) is 15.4 Å². The van der Waals surface area contributed by atoms with Crippen molar-refractivity contribution in [3.63, 3.8) is 0 Å². The lowest BCUT2D eigenvalue weighted by molar-refractivity contribution is 0.0508. The van der Waals surface area contributed by atoms with Gasteiger partial charge < -0.3 is 10.1 Å². The molecule has 0 aromatic heterocycles. The molecule has 0 radical (unpaired) electrons. The van der Waals surface area contributed by atoms with Crippen molar-refractivity contribution in [2.75, 3.05) is 0 Å². The lowest BCUT2D eigenvalue weighted by Crippen LogP contribution is -2.34. The molecular weight excluding hydrogens is 330 g/mol. The second kappa shape index (κ2) is 6.06. The molecule has 2 rings (SSSR count). The summed E-state index contributed by atoms with van der Waals surface area (Å²) in [4.78, 5) is 11.8. The van der Waals surface area contributed by atoms with Gasteiger partial charge in [0.25, 0.3) is 0 Å². The molecule has 1 amide bonds. The number of carbonyl (C=O) groups is 1. The van der Waals surface area contributed by atoms with Crippen molar-refractivity contribution in [1.29, 1.82) is 0 Å². The number of carbonyl (C=O) groups excluding carboxylic acids is 1. The van der Waals surface area contributed by atoms with E-state index in [1.54, 1.807) is 0 Å². The molecule has 3 nitrogen and oxygen atoms in total. The SMILES string of the molecule is C[C@@H](NC(=O)OC(C)(C)C)c1ccc2ccc(Br)cc2c1. The average molecular weight is 350 g/mol. The summed E-state index contributed by atoms with van der Waals surface area (Å²) in [5, 5.41) is 5.17. The molecule has 0 aliphatic heterocycles. The van der Waals surface area contributed by atoms with Gasteiger partial charge in [-0.05, 0) is 62.2 Å². The number of hydrogen-bond donors (Lipinski definition) is 1. The Hall–Kier alpha value is -1.55. The van der Waals surface area contributed by atoms with Gasteiger partial charge in [0.1, 0.15) is 5.60 Å². The van der Waals surface area contributed by atoms with Crippen LogP contribution in [-0.2, 0) is 4.74 Å². The summed E-state index contributed by atoms with van der Waals surface area (Å²) >= 11 is 3.48. The Morgan fingerprint density at radius 3 is 2.48 bits per heavy atom. The maximum Gasteiger partial charge on any atom is 0.408 e. The molecule has 2 aromatic rings. The molecule has 0 saturated heterocycles. The molecule has 0 bridgehead atoms. The van der Waals surface area contributed by atoms with E-state index in [1.165, 1.54) is 5.39 Å². The third-order valence-electron chi connectivity index (χ3n) is 3.06. The quantitative estimate of drug-likeness (QED) is 0.810. The number of rotatable bonds is 2. The number of alkyl carbamates (subject to hydrolysis) is 1. The van der Waals surface area contributed by atoms with Crippen LogP contribution in [0.5, 0.6) is 0 Å². The Labute approximate surface area is 133 Å². The van der Waals surface area contributed by atoms with Gasteiger partial charge in [0.2, 0.25) is 0 Å². The van der Waals surface area contributed by atoms with E-state index in [9.17, 15) is 4.79 Å². The van der Waals surface area contributed by atoms with E-state index < -0.39 is 11.7 Å². The standard InChI is InChI=1S/C17H20BrNO2/c1-11(19-16(20)21-17(2,3)4)13-6-5-12-7-8-15(18)10-14(12)9-13/h5-11H,1-4H3,(H,19,20)/t11-/m1/s1. The monoisotopic (exact) mass is 349 g/mol. The Bertz CT molecular complexity index is 661. The van der Waals surface area contributed by atoms with Crippen LogP contribution in [-0.4, -0.2) is 11.7 Å². The van der Waals surface area contributed by atoms with Gasteiger partial charge in [-0.2, -0.15) is 0 Å². The highest BCUT2D eigenvalue weighted by atomic mass is 79.9. The van der Waals surface area contributed by atoms with E-state index in [2.05, 4.69) is 45.5 Å². The fourth-order valence-corrected chi connectivity index (χ4v) is 2.45. The van der Waals surface area contributed by atoms with Crippen molar-refractivity contribution in [2.24, 2.45) is 0 Å². The summed E-state index contributed by atoms with van der Waals surface area (Å²) in [5.41, 5.74) is 0.560. The van der Waals surface area contributed by atoms with Crippen LogP contribution in [0.15, 0.2) is 40.9 Å². The first kappa shape index (κ1) is 15.8. The van der Waals surface area contributed by atoms with Crippen molar-refractivity contribution < 1.29 is 9.53 Å². The van der Waals surface area contributed by atoms with Gasteiger partial charge in [0.05, 0.1) is 6.04 Å². The molecule has 0 unspecified atom stereocenters. The first-order valence-corrected chi connectivity index (χ1v) is 7.73. The van der Waals surface area contributed by atoms with Crippen LogP contribution in [0.4, 0.5) is 4.79 Å². The van der Waals surface area contributed by atoms with Gasteiger partial charge in [-0.25, -0.2) is 4.79 Å². The van der Waals surface area contributed by atoms with Gasteiger partial charge in [0.15, 0.2) is 0 Å². The zero-order chi connectivity index (χ0) is 15.6. The Morgan fingerprint density at radius 1 is 1.14 bits per heavy atom. The Morgan fingerprint density at radius 2 is 1.81 bits per heavy atom. The van der Waals surface area contributed by atoms with E-state index in [-0.39, 0.29) is 6.04 Å². The molecule has 112 valence electrons. The summed E-state index contributed by atoms with van der Waals surface area (Å²) in [6.07, 6.45) is -0.399. The number of fused-ring (bicyclic) bond motifs is 1. The van der Waals surface area contributed by atoms with E-state index in [4.69, 9.17) is 4.74 Å². The van der Waals surface area contributed by atoms with E-state index in [0.29, 0.717) is 0 Å². The summed E-state index contributed by atoms with van der Waals surface area (Å²) in [6, 6.07) is 12.2. The van der Waals surface area contributed by atoms with Crippen LogP contribution < -0.4 is 5.32 Å². The van der Waals surface area contributed by atoms with E-state index >= 15 is 0 Å². The molecule has 0 fully saturated rings. The predicted molar refractivity (Wildman–Crippen MR) is 89.4 cm³/mol. The molecule has 0 aliphatic carbocycles. The molecule has 4 heteroatoms. The van der Waals surface area contributed by atoms with Crippen molar-refractivity contribution >= 4 is 32.8 Å². The number of halogens is 1. The molecule has 0 heterocycles. The summed E-state index contributed by atoms with van der Waals surface area (Å²) < 4.78 is 6.32. The average Bonchev–Trinajstić information content (AvgIpc) is 2.35. The predicted octanol–water partition coefficient (Wildman–Crippen LogP) is 5.19. The molecule has 2 aromatic carbocycles. The Balaban J connectivity index is 2.15. The number of benzene rings is 2. The molecule has 1 N–H and O–H groups in total. The van der Waals surface area contributed by atoms with Crippen molar-refractivity contribution in [3.8, 4) is 0 Å². The maximum absolute atomic E-state index is 11.8. The Kier molecular flexibility index (Phi) is 4.57. The number of hydrogen-bond acceptors (Lipinski definition) is 2. The normalized spacial score (nSPS) is 13.0. The van der Waals surface area contributed by atoms with Gasteiger partial charge in [0, 0.05) is 4.47 Å². The third-order valence-corrected chi connectivity index (χ3v) is 3.55. The van der Waals surface area contributed by atoms with Gasteiger partial charge in [-0.15, -0.1) is 0 Å². The van der Waals surface area contributed by atoms with Crippen molar-refractivity contribution in [3.05, 3.63) is 46.4 Å². The summed E-state index contributed by atoms with van der Waals surface area (Å²) in [6.45, 7) is 7.50. The highest BCUT2D eigenvalue weighted by Crippen LogP contribution is 2.24. The number of nitrogens with one attached hydrogen (secondary N) is 1. The fourth-order valence-electron chi connectivity index (χ4n) is 2.07. The van der Waals surface area contributed by atoms with Crippen LogP contribution in [0.2, 0.25) is 0 Å². The molecule has 0 saturated carbocycles. The highest BCUT2D eigenvalue weighted by molar-refractivity contribution is 9.10. The maximum atomic E-state index is 11.8. The lowest BCUT2D eigenvalue weighted by Gasteiger charge is -2.22. The van der Waals surface area contributed by atoms with Gasteiger partial charge >= 0.3 is 6.09 Å². The summed E-state index contributed by atoms with van der Waals surface area (Å²) in [5.74, 6) is 0. The number of ether oxygens (including phenoxy) is 1. The fraction of sp³-hybridized carbons (Fsp3) is 0.353. The first-order valence-electron chi connectivity index (χ1n) is 6.93. The zero-order valence-electron chi connectivity index (χ0n) is 12.7. The van der Waals surface area contributed by atoms with Crippen molar-refractivity contribution in [1.82, 2.24) is 5.32 Å². The van der Waals surface area contributed by atoms with Crippen LogP contribution in [0.3, 0.4) is 0 Å². The van der Waals surface area contributed by atoms with Crippen LogP contribution in [0.25, 0.3) is 10.8 Å².